The van der Waals surface area contributed by atoms with Crippen molar-refractivity contribution in [3.05, 3.63) is 18.2 Å². The van der Waals surface area contributed by atoms with Crippen molar-refractivity contribution in [1.29, 1.82) is 0 Å². The molecule has 1 aromatic heterocycles. The Morgan fingerprint density at radius 3 is 2.16 bits per heavy atom. The standard InChI is InChI=1S/C17H26N6O9/c1-7(25)13(23-14(28)9(18)3-12(26)27)16(30)22-11(5-24)15(29)21-10(17(31)32)2-8-4-19-6-20-8/h4,6-7,9-11,13,24-25H,2-3,5,18H2,1H3,(H,19,20)(H,21,29)(H,22,30)(H,23,28)(H,26,27)(H,31,32). The van der Waals surface area contributed by atoms with Gasteiger partial charge in [0.1, 0.15) is 18.1 Å². The topological polar surface area (TPSA) is 257 Å². The first-order valence-corrected chi connectivity index (χ1v) is 9.33. The Morgan fingerprint density at radius 1 is 1.06 bits per heavy atom. The van der Waals surface area contributed by atoms with Crippen molar-refractivity contribution in [2.24, 2.45) is 5.73 Å². The predicted molar refractivity (Wildman–Crippen MR) is 105 cm³/mol. The molecule has 0 spiro atoms. The van der Waals surface area contributed by atoms with Crippen molar-refractivity contribution in [2.75, 3.05) is 6.61 Å². The van der Waals surface area contributed by atoms with Gasteiger partial charge in [0.15, 0.2) is 0 Å². The molecule has 0 fully saturated rings. The quantitative estimate of drug-likeness (QED) is 0.136. The minimum Gasteiger partial charge on any atom is -0.481 e. The zero-order chi connectivity index (χ0) is 24.4. The molecule has 5 atom stereocenters. The number of nitrogens with zero attached hydrogens (tertiary/aromatic N) is 1. The van der Waals surface area contributed by atoms with E-state index in [2.05, 4.69) is 25.9 Å². The van der Waals surface area contributed by atoms with Crippen LogP contribution in [0.2, 0.25) is 0 Å². The number of carbonyl (C=O) groups excluding carboxylic acids is 3. The number of carboxylic acid groups (broad SMARTS) is 2. The van der Waals surface area contributed by atoms with Gasteiger partial charge in [0.05, 0.1) is 31.5 Å². The summed E-state index contributed by atoms with van der Waals surface area (Å²) in [6.07, 6.45) is 0.318. The number of imidazole rings is 1. The van der Waals surface area contributed by atoms with Gasteiger partial charge in [0, 0.05) is 18.3 Å². The molecule has 15 nitrogen and oxygen atoms in total. The first kappa shape index (κ1) is 26.5. The Morgan fingerprint density at radius 2 is 1.69 bits per heavy atom. The van der Waals surface area contributed by atoms with Gasteiger partial charge in [-0.15, -0.1) is 0 Å². The number of H-pyrrole nitrogens is 1. The molecule has 1 rings (SSSR count). The molecule has 5 unspecified atom stereocenters. The van der Waals surface area contributed by atoms with Gasteiger partial charge in [-0.25, -0.2) is 9.78 Å². The number of rotatable bonds is 13. The summed E-state index contributed by atoms with van der Waals surface area (Å²) >= 11 is 0. The van der Waals surface area contributed by atoms with Gasteiger partial charge in [-0.3, -0.25) is 19.2 Å². The maximum Gasteiger partial charge on any atom is 0.326 e. The summed E-state index contributed by atoms with van der Waals surface area (Å²) < 4.78 is 0. The number of aromatic amines is 1. The average molecular weight is 458 g/mol. The number of carbonyl (C=O) groups is 5. The van der Waals surface area contributed by atoms with Crippen molar-refractivity contribution < 1.29 is 44.4 Å². The van der Waals surface area contributed by atoms with Gasteiger partial charge in [-0.1, -0.05) is 0 Å². The zero-order valence-corrected chi connectivity index (χ0v) is 17.0. The molecular formula is C17H26N6O9. The van der Waals surface area contributed by atoms with Crippen LogP contribution in [0.1, 0.15) is 19.0 Å². The van der Waals surface area contributed by atoms with E-state index in [-0.39, 0.29) is 6.42 Å². The van der Waals surface area contributed by atoms with Gasteiger partial charge in [-0.05, 0) is 6.92 Å². The van der Waals surface area contributed by atoms with Crippen molar-refractivity contribution in [3.63, 3.8) is 0 Å². The number of aliphatic hydroxyl groups excluding tert-OH is 2. The lowest BCUT2D eigenvalue weighted by Gasteiger charge is -2.25. The highest BCUT2D eigenvalue weighted by molar-refractivity contribution is 5.95. The molecule has 0 aliphatic heterocycles. The Labute approximate surface area is 181 Å². The van der Waals surface area contributed by atoms with Crippen LogP contribution in [-0.2, 0) is 30.4 Å². The van der Waals surface area contributed by atoms with Crippen LogP contribution < -0.4 is 21.7 Å². The van der Waals surface area contributed by atoms with Crippen LogP contribution in [0.4, 0.5) is 0 Å². The molecule has 10 N–H and O–H groups in total. The first-order chi connectivity index (χ1) is 15.0. The van der Waals surface area contributed by atoms with Gasteiger partial charge < -0.3 is 47.1 Å². The minimum absolute atomic E-state index is 0.152. The summed E-state index contributed by atoms with van der Waals surface area (Å²) in [6, 6.07) is -6.16. The van der Waals surface area contributed by atoms with E-state index in [4.69, 9.17) is 10.8 Å². The summed E-state index contributed by atoms with van der Waals surface area (Å²) in [6.45, 7) is 0.221. The van der Waals surface area contributed by atoms with Gasteiger partial charge in [0.25, 0.3) is 0 Å². The average Bonchev–Trinajstić information content (AvgIpc) is 3.21. The van der Waals surface area contributed by atoms with Crippen LogP contribution in [0.15, 0.2) is 12.5 Å². The largest absolute Gasteiger partial charge is 0.481 e. The maximum atomic E-state index is 12.5. The zero-order valence-electron chi connectivity index (χ0n) is 17.0. The van der Waals surface area contributed by atoms with Crippen LogP contribution in [0.25, 0.3) is 0 Å². The third kappa shape index (κ3) is 8.29. The summed E-state index contributed by atoms with van der Waals surface area (Å²) in [4.78, 5) is 65.3. The fourth-order valence-electron chi connectivity index (χ4n) is 2.49. The molecule has 178 valence electrons. The number of carboxylic acids is 2. The van der Waals surface area contributed by atoms with Gasteiger partial charge >= 0.3 is 11.9 Å². The van der Waals surface area contributed by atoms with Crippen LogP contribution in [0, 0.1) is 0 Å². The van der Waals surface area contributed by atoms with Crippen LogP contribution in [0.3, 0.4) is 0 Å². The second-order valence-corrected chi connectivity index (χ2v) is 6.86. The summed E-state index contributed by atoms with van der Waals surface area (Å²) in [5, 5.41) is 43.6. The van der Waals surface area contributed by atoms with Crippen LogP contribution in [0.5, 0.6) is 0 Å². The molecule has 1 aromatic rings. The Kier molecular flexibility index (Phi) is 10.2. The van der Waals surface area contributed by atoms with Crippen molar-refractivity contribution >= 4 is 29.7 Å². The van der Waals surface area contributed by atoms with E-state index in [1.54, 1.807) is 0 Å². The SMILES string of the molecule is CC(O)C(NC(=O)C(N)CC(=O)O)C(=O)NC(CO)C(=O)NC(Cc1cnc[nH]1)C(=O)O. The van der Waals surface area contributed by atoms with Crippen molar-refractivity contribution in [3.8, 4) is 0 Å². The van der Waals surface area contributed by atoms with E-state index in [1.165, 1.54) is 12.5 Å². The lowest BCUT2D eigenvalue weighted by atomic mass is 10.1. The predicted octanol–water partition coefficient (Wildman–Crippen LogP) is -4.33. The third-order valence-corrected chi connectivity index (χ3v) is 4.20. The van der Waals surface area contributed by atoms with E-state index in [0.29, 0.717) is 5.69 Å². The summed E-state index contributed by atoms with van der Waals surface area (Å²) in [7, 11) is 0. The second kappa shape index (κ2) is 12.3. The highest BCUT2D eigenvalue weighted by Gasteiger charge is 2.32. The van der Waals surface area contributed by atoms with Crippen LogP contribution >= 0.6 is 0 Å². The Hall–Kier alpha value is -3.56. The highest BCUT2D eigenvalue weighted by Crippen LogP contribution is 2.01. The number of amides is 3. The Bertz CT molecular complexity index is 813. The molecular weight excluding hydrogens is 432 g/mol. The molecule has 0 aliphatic carbocycles. The lowest BCUT2D eigenvalue weighted by molar-refractivity contribution is -0.142. The molecule has 32 heavy (non-hydrogen) atoms. The number of nitrogens with one attached hydrogen (secondary N) is 4. The van der Waals surface area contributed by atoms with Gasteiger partial charge in [0.2, 0.25) is 17.7 Å². The number of aromatic nitrogens is 2. The lowest BCUT2D eigenvalue weighted by Crippen LogP contribution is -2.60. The molecule has 0 aliphatic rings. The fraction of sp³-hybridized carbons (Fsp3) is 0.529. The molecule has 1 heterocycles. The van der Waals surface area contributed by atoms with Gasteiger partial charge in [-0.2, -0.15) is 0 Å². The van der Waals surface area contributed by atoms with Crippen molar-refractivity contribution in [1.82, 2.24) is 25.9 Å². The smallest absolute Gasteiger partial charge is 0.326 e. The van der Waals surface area contributed by atoms with E-state index < -0.39 is 73.0 Å². The normalized spacial score (nSPS) is 15.5. The van der Waals surface area contributed by atoms with E-state index in [9.17, 15) is 39.3 Å². The fourth-order valence-corrected chi connectivity index (χ4v) is 2.49. The molecule has 0 saturated heterocycles. The second-order valence-electron chi connectivity index (χ2n) is 6.86. The monoisotopic (exact) mass is 458 g/mol. The minimum atomic E-state index is -1.63. The highest BCUT2D eigenvalue weighted by atomic mass is 16.4. The summed E-state index contributed by atoms with van der Waals surface area (Å²) in [5.41, 5.74) is 5.82. The summed E-state index contributed by atoms with van der Waals surface area (Å²) in [5.74, 6) is -5.90. The Balaban J connectivity index is 2.81. The third-order valence-electron chi connectivity index (χ3n) is 4.20. The molecule has 0 saturated carbocycles. The van der Waals surface area contributed by atoms with E-state index in [1.807, 2.05) is 0 Å². The molecule has 0 aromatic carbocycles. The number of aliphatic hydroxyl groups is 2. The van der Waals surface area contributed by atoms with E-state index >= 15 is 0 Å². The maximum absolute atomic E-state index is 12.5. The van der Waals surface area contributed by atoms with Crippen LogP contribution in [-0.4, -0.2) is 96.9 Å². The van der Waals surface area contributed by atoms with E-state index in [0.717, 1.165) is 6.92 Å². The number of aliphatic carboxylic acids is 2. The first-order valence-electron chi connectivity index (χ1n) is 9.33. The molecule has 0 bridgehead atoms. The molecule has 3 amide bonds. The molecule has 15 heteroatoms. The number of hydrogen-bond donors (Lipinski definition) is 9. The molecule has 0 radical (unpaired) electrons. The number of hydrogen-bond acceptors (Lipinski definition) is 9. The van der Waals surface area contributed by atoms with Crippen molar-refractivity contribution in [2.45, 2.75) is 50.0 Å². The number of nitrogens with two attached hydrogens (primary N) is 1.